The quantitative estimate of drug-likeness (QED) is 0.157. The average Bonchev–Trinajstić information content (AvgIpc) is 4.26. The summed E-state index contributed by atoms with van der Waals surface area (Å²) in [6, 6.07) is 81.6. The maximum absolute atomic E-state index is 6.36. The van der Waals surface area contributed by atoms with E-state index < -0.39 is 0 Å². The Labute approximate surface area is 433 Å². The number of fused-ring (bicyclic) bond motifs is 12. The predicted octanol–water partition coefficient (Wildman–Crippen LogP) is 17.0. The normalized spacial score (nSPS) is 11.9. The summed E-state index contributed by atoms with van der Waals surface area (Å²) in [6.07, 6.45) is 0. The summed E-state index contributed by atoms with van der Waals surface area (Å²) < 4.78 is 17.1. The van der Waals surface area contributed by atoms with Crippen LogP contribution in [-0.2, 0) is 0 Å². The fraction of sp³-hybridized carbons (Fsp3) is 0. The Balaban J connectivity index is 0.865. The molecule has 0 bridgehead atoms. The number of hydrogen-bond acceptors (Lipinski definition) is 7. The first-order chi connectivity index (χ1) is 37.7. The van der Waals surface area contributed by atoms with Crippen molar-refractivity contribution >= 4 is 87.5 Å². The molecule has 0 atom stereocenters. The average molecular weight is 974 g/mol. The molecular formula is C67H39N7O2. The van der Waals surface area contributed by atoms with Gasteiger partial charge < -0.3 is 8.83 Å². The van der Waals surface area contributed by atoms with E-state index in [0.717, 1.165) is 132 Å². The van der Waals surface area contributed by atoms with Crippen molar-refractivity contribution in [1.82, 2.24) is 34.1 Å². The lowest BCUT2D eigenvalue weighted by Gasteiger charge is -2.12. The number of aromatic nitrogens is 7. The van der Waals surface area contributed by atoms with Crippen LogP contribution in [0.1, 0.15) is 0 Å². The molecule has 10 aromatic carbocycles. The van der Waals surface area contributed by atoms with Gasteiger partial charge in [0.1, 0.15) is 22.3 Å². The number of hydrogen-bond donors (Lipinski definition) is 0. The molecule has 6 heterocycles. The molecule has 16 rings (SSSR count). The van der Waals surface area contributed by atoms with E-state index in [4.69, 9.17) is 33.8 Å². The fourth-order valence-corrected chi connectivity index (χ4v) is 11.4. The standard InChI is InChI=1S/C67H39N7O2/c1-3-17-40(18-4-1)52-39-53(46-25-15-31-60-62(46)47-23-9-13-29-58(47)75-60)69-66(68-52)73-54-27-11-7-21-44(54)50-37-42(33-35-56(50)73)43-34-36-57-51(38-43)45-22-8-12-28-55(45)74(57)67-71-64(41-19-5-2-6-20-41)70-65(72-67)49-26-16-32-61-63(49)48-24-10-14-30-59(48)76-61/h1-39H. The largest absolute Gasteiger partial charge is 0.456 e. The molecule has 0 spiro atoms. The van der Waals surface area contributed by atoms with Crippen LogP contribution in [0.25, 0.3) is 156 Å². The van der Waals surface area contributed by atoms with Crippen LogP contribution in [-0.4, -0.2) is 34.1 Å². The second-order valence-electron chi connectivity index (χ2n) is 19.2. The molecule has 16 aromatic rings. The molecule has 0 aliphatic heterocycles. The summed E-state index contributed by atoms with van der Waals surface area (Å²) in [7, 11) is 0. The van der Waals surface area contributed by atoms with Gasteiger partial charge in [0.15, 0.2) is 11.6 Å². The lowest BCUT2D eigenvalue weighted by atomic mass is 10.0. The summed E-state index contributed by atoms with van der Waals surface area (Å²) in [5.41, 5.74) is 14.8. The smallest absolute Gasteiger partial charge is 0.238 e. The van der Waals surface area contributed by atoms with Gasteiger partial charge in [-0.25, -0.2) is 15.0 Å². The molecule has 76 heavy (non-hydrogen) atoms. The van der Waals surface area contributed by atoms with Gasteiger partial charge in [-0.2, -0.15) is 9.97 Å². The summed E-state index contributed by atoms with van der Waals surface area (Å²) in [6.45, 7) is 0. The van der Waals surface area contributed by atoms with Gasteiger partial charge in [-0.15, -0.1) is 0 Å². The van der Waals surface area contributed by atoms with Gasteiger partial charge in [0.25, 0.3) is 0 Å². The highest BCUT2D eigenvalue weighted by atomic mass is 16.3. The molecule has 0 unspecified atom stereocenters. The Bertz CT molecular complexity index is 4700. The molecule has 354 valence electrons. The third-order valence-electron chi connectivity index (χ3n) is 14.8. The van der Waals surface area contributed by atoms with Gasteiger partial charge in [0.2, 0.25) is 11.9 Å². The van der Waals surface area contributed by atoms with Crippen LogP contribution in [0, 0.1) is 0 Å². The molecule has 0 aliphatic carbocycles. The van der Waals surface area contributed by atoms with Gasteiger partial charge in [-0.1, -0.05) is 170 Å². The maximum atomic E-state index is 6.36. The first-order valence-electron chi connectivity index (χ1n) is 25.3. The molecule has 0 amide bonds. The summed E-state index contributed by atoms with van der Waals surface area (Å²) in [4.78, 5) is 26.5. The minimum atomic E-state index is 0.526. The minimum absolute atomic E-state index is 0.526. The van der Waals surface area contributed by atoms with Crippen molar-refractivity contribution in [3.63, 3.8) is 0 Å². The minimum Gasteiger partial charge on any atom is -0.456 e. The van der Waals surface area contributed by atoms with Gasteiger partial charge in [0, 0.05) is 65.3 Å². The number of furan rings is 2. The van der Waals surface area contributed by atoms with E-state index >= 15 is 0 Å². The van der Waals surface area contributed by atoms with Crippen molar-refractivity contribution < 1.29 is 8.83 Å². The molecule has 0 saturated carbocycles. The van der Waals surface area contributed by atoms with E-state index in [1.54, 1.807) is 0 Å². The highest BCUT2D eigenvalue weighted by molar-refractivity contribution is 6.15. The molecule has 6 aromatic heterocycles. The zero-order valence-corrected chi connectivity index (χ0v) is 40.5. The molecule has 9 heteroatoms. The third kappa shape index (κ3) is 6.49. The van der Waals surface area contributed by atoms with Gasteiger partial charge in [0.05, 0.1) is 33.5 Å². The summed E-state index contributed by atoms with van der Waals surface area (Å²) in [5, 5.41) is 8.43. The first-order valence-corrected chi connectivity index (χ1v) is 25.3. The van der Waals surface area contributed by atoms with Crippen molar-refractivity contribution in [3.8, 4) is 68.3 Å². The van der Waals surface area contributed by atoms with Crippen molar-refractivity contribution in [1.29, 1.82) is 0 Å². The van der Waals surface area contributed by atoms with Crippen LogP contribution in [0.2, 0.25) is 0 Å². The van der Waals surface area contributed by atoms with Gasteiger partial charge >= 0.3 is 0 Å². The zero-order valence-electron chi connectivity index (χ0n) is 40.5. The zero-order chi connectivity index (χ0) is 49.8. The molecule has 0 saturated heterocycles. The first kappa shape index (κ1) is 42.0. The van der Waals surface area contributed by atoms with Gasteiger partial charge in [-0.05, 0) is 77.9 Å². The second kappa shape index (κ2) is 16.5. The lowest BCUT2D eigenvalue weighted by molar-refractivity contribution is 0.668. The number of rotatable bonds is 7. The molecule has 0 N–H and O–H groups in total. The Hall–Kier alpha value is -10.5. The van der Waals surface area contributed by atoms with E-state index in [1.807, 2.05) is 91.0 Å². The number of nitrogens with zero attached hydrogens (tertiary/aromatic N) is 7. The molecular weight excluding hydrogens is 935 g/mol. The van der Waals surface area contributed by atoms with Crippen LogP contribution >= 0.6 is 0 Å². The summed E-state index contributed by atoms with van der Waals surface area (Å²) in [5.74, 6) is 2.26. The Morgan fingerprint density at radius 1 is 0.263 bits per heavy atom. The van der Waals surface area contributed by atoms with E-state index in [0.29, 0.717) is 23.5 Å². The highest BCUT2D eigenvalue weighted by Gasteiger charge is 2.23. The van der Waals surface area contributed by atoms with E-state index in [1.165, 1.54) is 0 Å². The van der Waals surface area contributed by atoms with E-state index in [9.17, 15) is 0 Å². The van der Waals surface area contributed by atoms with Gasteiger partial charge in [-0.3, -0.25) is 9.13 Å². The Morgan fingerprint density at radius 3 is 1.32 bits per heavy atom. The van der Waals surface area contributed by atoms with E-state index in [2.05, 4.69) is 155 Å². The van der Waals surface area contributed by atoms with Crippen LogP contribution in [0.3, 0.4) is 0 Å². The topological polar surface area (TPSA) is 101 Å². The number of para-hydroxylation sites is 4. The molecule has 0 aliphatic rings. The molecule has 0 fully saturated rings. The summed E-state index contributed by atoms with van der Waals surface area (Å²) >= 11 is 0. The predicted molar refractivity (Wildman–Crippen MR) is 306 cm³/mol. The van der Waals surface area contributed by atoms with Crippen LogP contribution in [0.4, 0.5) is 0 Å². The van der Waals surface area contributed by atoms with Crippen molar-refractivity contribution in [2.45, 2.75) is 0 Å². The fourth-order valence-electron chi connectivity index (χ4n) is 11.4. The van der Waals surface area contributed by atoms with Crippen molar-refractivity contribution in [2.75, 3.05) is 0 Å². The maximum Gasteiger partial charge on any atom is 0.238 e. The lowest BCUT2D eigenvalue weighted by Crippen LogP contribution is -2.06. The Morgan fingerprint density at radius 2 is 0.711 bits per heavy atom. The highest BCUT2D eigenvalue weighted by Crippen LogP contribution is 2.42. The Kier molecular flexibility index (Phi) is 9.13. The molecule has 0 radical (unpaired) electrons. The van der Waals surface area contributed by atoms with Crippen LogP contribution in [0.15, 0.2) is 245 Å². The second-order valence-corrected chi connectivity index (χ2v) is 19.2. The van der Waals surface area contributed by atoms with Crippen molar-refractivity contribution in [3.05, 3.63) is 237 Å². The van der Waals surface area contributed by atoms with Crippen LogP contribution < -0.4 is 0 Å². The van der Waals surface area contributed by atoms with E-state index in [-0.39, 0.29) is 0 Å². The monoisotopic (exact) mass is 973 g/mol. The number of benzene rings is 10. The van der Waals surface area contributed by atoms with Crippen molar-refractivity contribution in [2.24, 2.45) is 0 Å². The van der Waals surface area contributed by atoms with Crippen LogP contribution in [0.5, 0.6) is 0 Å². The third-order valence-corrected chi connectivity index (χ3v) is 14.8. The SMILES string of the molecule is c1ccc(-c2cc(-c3cccc4oc5ccccc5c34)nc(-n3c4ccccc4c4cc(-c5ccc6c(c5)c5ccccc5n6-c5nc(-c6ccccc6)nc(-c6cccc7oc8ccccc8c67)n5)ccc43)n2)cc1. The molecule has 9 nitrogen and oxygen atoms in total.